The van der Waals surface area contributed by atoms with Crippen molar-refractivity contribution in [1.29, 1.82) is 0 Å². The van der Waals surface area contributed by atoms with Gasteiger partial charge in [0.1, 0.15) is 17.2 Å². The minimum absolute atomic E-state index is 0. The summed E-state index contributed by atoms with van der Waals surface area (Å²) in [4.78, 5) is 31.5. The first-order valence-electron chi connectivity index (χ1n) is 17.7. The third kappa shape index (κ3) is 14.6. The van der Waals surface area contributed by atoms with Gasteiger partial charge in [-0.3, -0.25) is 9.59 Å². The van der Waals surface area contributed by atoms with E-state index < -0.39 is 12.7 Å². The summed E-state index contributed by atoms with van der Waals surface area (Å²) in [5.74, 6) is -0.114. The summed E-state index contributed by atoms with van der Waals surface area (Å²) in [5, 5.41) is 14.5. The largest absolute Gasteiger partial charge is 0.573 e. The van der Waals surface area contributed by atoms with Crippen LogP contribution >= 0.6 is 47.8 Å². The fourth-order valence-corrected chi connectivity index (χ4v) is 6.45. The molecule has 0 aliphatic carbocycles. The standard InChI is InChI=1S/C21H13BrF3N3O3.C13H7F3N4O3.C7H6Br2.CH4/c22-16-3-1-2-13(10-16)11-28-12-15(6-9-18(28)29)20-26-19(27-31-20)14-4-7-17(8-5-14)30-21(23,24)25;14-13(15,16)22-8-3-1-7(2-4-8)11-17-12(23-20-11)9-5-6-10(21)19-18-9;8-5-6-2-1-3-7(9)4-6;/h1-10,12H,11H2;1-6H,(H,19,21);1-4H,5H2;1H4. The van der Waals surface area contributed by atoms with Crippen LogP contribution in [0.25, 0.3) is 45.8 Å². The average Bonchev–Trinajstić information content (AvgIpc) is 3.94. The maximum Gasteiger partial charge on any atom is 0.573 e. The lowest BCUT2D eigenvalue weighted by Crippen LogP contribution is -2.19. The Labute approximate surface area is 383 Å². The molecule has 0 saturated heterocycles. The molecule has 332 valence electrons. The van der Waals surface area contributed by atoms with Crippen molar-refractivity contribution in [3.05, 3.63) is 168 Å². The predicted octanol–water partition coefficient (Wildman–Crippen LogP) is 11.6. The smallest absolute Gasteiger partial charge is 0.406 e. The Morgan fingerprint density at radius 2 is 1.12 bits per heavy atom. The van der Waals surface area contributed by atoms with E-state index in [1.807, 2.05) is 36.4 Å². The number of alkyl halides is 7. The first kappa shape index (κ1) is 48.6. The molecule has 1 N–H and O–H groups in total. The predicted molar refractivity (Wildman–Crippen MR) is 233 cm³/mol. The Kier molecular flexibility index (Phi) is 16.6. The summed E-state index contributed by atoms with van der Waals surface area (Å²) in [6, 6.07) is 31.5. The molecule has 0 aliphatic heterocycles. The number of benzene rings is 4. The van der Waals surface area contributed by atoms with Gasteiger partial charge in [0.05, 0.1) is 12.1 Å². The average molecular weight is 1080 g/mol. The highest BCUT2D eigenvalue weighted by Crippen LogP contribution is 2.28. The Bertz CT molecular complexity index is 2870. The second-order valence-corrected chi connectivity index (χ2v) is 15.0. The molecule has 8 rings (SSSR count). The molecule has 0 atom stereocenters. The Hall–Kier alpha value is -6.39. The molecule has 8 aromatic rings. The van der Waals surface area contributed by atoms with Gasteiger partial charge in [0.15, 0.2) is 0 Å². The molecule has 64 heavy (non-hydrogen) atoms. The van der Waals surface area contributed by atoms with Gasteiger partial charge >= 0.3 is 12.7 Å². The number of aromatic nitrogens is 7. The van der Waals surface area contributed by atoms with Gasteiger partial charge in [0.25, 0.3) is 22.9 Å². The van der Waals surface area contributed by atoms with Gasteiger partial charge in [0, 0.05) is 43.7 Å². The quantitative estimate of drug-likeness (QED) is 0.108. The Balaban J connectivity index is 0.000000204. The van der Waals surface area contributed by atoms with Gasteiger partial charge in [-0.05, 0) is 96.1 Å². The number of hydrogen-bond donors (Lipinski definition) is 1. The third-order valence-electron chi connectivity index (χ3n) is 7.96. The molecule has 13 nitrogen and oxygen atoms in total. The summed E-state index contributed by atoms with van der Waals surface area (Å²) in [6.07, 6.45) is -7.91. The molecule has 0 spiro atoms. The summed E-state index contributed by atoms with van der Waals surface area (Å²) in [7, 11) is 0. The first-order valence-corrected chi connectivity index (χ1v) is 20.4. The van der Waals surface area contributed by atoms with Crippen LogP contribution in [-0.4, -0.2) is 47.8 Å². The van der Waals surface area contributed by atoms with Gasteiger partial charge in [-0.2, -0.15) is 15.1 Å². The molecule has 0 fully saturated rings. The zero-order valence-electron chi connectivity index (χ0n) is 31.6. The maximum absolute atomic E-state index is 12.3. The fraction of sp³-hybridized carbons (Fsp3) is 0.119. The van der Waals surface area contributed by atoms with Gasteiger partial charge in [-0.25, -0.2) is 5.10 Å². The highest BCUT2D eigenvalue weighted by atomic mass is 79.9. The first-order chi connectivity index (χ1) is 30.0. The van der Waals surface area contributed by atoms with Crippen molar-refractivity contribution in [3.8, 4) is 57.3 Å². The van der Waals surface area contributed by atoms with Gasteiger partial charge < -0.3 is 23.1 Å². The van der Waals surface area contributed by atoms with Crippen LogP contribution in [-0.2, 0) is 11.9 Å². The molecule has 0 radical (unpaired) electrons. The van der Waals surface area contributed by atoms with E-state index in [0.29, 0.717) is 23.2 Å². The SMILES string of the molecule is BrCc1cccc(Br)c1.C.O=c1ccc(-c2nc(-c3ccc(OC(F)(F)F)cc3)no2)cn1Cc1cccc(Br)c1.O=c1ccc(-c2nc(-c3ccc(OC(F)(F)F)cc3)no2)n[nH]1. The van der Waals surface area contributed by atoms with Gasteiger partial charge in [0.2, 0.25) is 11.6 Å². The van der Waals surface area contributed by atoms with Crippen molar-refractivity contribution in [1.82, 2.24) is 35.0 Å². The van der Waals surface area contributed by atoms with Crippen molar-refractivity contribution in [2.75, 3.05) is 0 Å². The number of halogens is 9. The molecule has 4 aromatic carbocycles. The fourth-order valence-electron chi connectivity index (χ4n) is 5.21. The summed E-state index contributed by atoms with van der Waals surface area (Å²) in [6.45, 7) is 0.355. The van der Waals surface area contributed by atoms with E-state index >= 15 is 0 Å². The van der Waals surface area contributed by atoms with Crippen LogP contribution in [0.2, 0.25) is 0 Å². The molecule has 22 heteroatoms. The molecule has 0 amide bonds. The van der Waals surface area contributed by atoms with Crippen molar-refractivity contribution < 1.29 is 44.9 Å². The number of H-pyrrole nitrogens is 1. The van der Waals surface area contributed by atoms with Crippen molar-refractivity contribution >= 4 is 47.8 Å². The molecule has 0 saturated carbocycles. The van der Waals surface area contributed by atoms with E-state index in [2.05, 4.69) is 99.9 Å². The number of rotatable bonds is 9. The van der Waals surface area contributed by atoms with Gasteiger partial charge in [-0.15, -0.1) is 26.3 Å². The van der Waals surface area contributed by atoms with Crippen LogP contribution in [0.4, 0.5) is 26.3 Å². The van der Waals surface area contributed by atoms with E-state index in [1.165, 1.54) is 52.6 Å². The zero-order valence-corrected chi connectivity index (χ0v) is 36.3. The molecule has 0 aliphatic rings. The molecule has 0 unspecified atom stereocenters. The number of nitrogens with one attached hydrogen (secondary N) is 1. The van der Waals surface area contributed by atoms with Gasteiger partial charge in [-0.1, -0.05) is 89.8 Å². The maximum atomic E-state index is 12.3. The van der Waals surface area contributed by atoms with Crippen molar-refractivity contribution in [3.63, 3.8) is 0 Å². The topological polar surface area (TPSA) is 164 Å². The van der Waals surface area contributed by atoms with E-state index in [-0.39, 0.29) is 59.2 Å². The van der Waals surface area contributed by atoms with Crippen molar-refractivity contribution in [2.45, 2.75) is 32.0 Å². The Morgan fingerprint density at radius 1 is 0.625 bits per heavy atom. The molecule has 0 bridgehead atoms. The van der Waals surface area contributed by atoms with E-state index in [1.54, 1.807) is 12.3 Å². The van der Waals surface area contributed by atoms with Crippen LogP contribution < -0.4 is 20.6 Å². The zero-order chi connectivity index (χ0) is 45.1. The van der Waals surface area contributed by atoms with Crippen LogP contribution in [0, 0.1) is 0 Å². The normalized spacial score (nSPS) is 11.0. The van der Waals surface area contributed by atoms with Crippen LogP contribution in [0.3, 0.4) is 0 Å². The van der Waals surface area contributed by atoms with Crippen LogP contribution in [0.5, 0.6) is 11.5 Å². The second-order valence-electron chi connectivity index (χ2n) is 12.6. The Morgan fingerprint density at radius 3 is 1.61 bits per heavy atom. The van der Waals surface area contributed by atoms with E-state index in [9.17, 15) is 35.9 Å². The molecular formula is C42H30Br3F6N7O6. The molecule has 4 heterocycles. The lowest BCUT2D eigenvalue weighted by Gasteiger charge is -2.08. The number of nitrogens with zero attached hydrogens (tertiary/aromatic N) is 6. The van der Waals surface area contributed by atoms with Crippen LogP contribution in [0.15, 0.2) is 155 Å². The lowest BCUT2D eigenvalue weighted by molar-refractivity contribution is -0.275. The molecule has 4 aromatic heterocycles. The number of hydrogen-bond acceptors (Lipinski definition) is 11. The van der Waals surface area contributed by atoms with Crippen molar-refractivity contribution in [2.24, 2.45) is 0 Å². The highest BCUT2D eigenvalue weighted by molar-refractivity contribution is 9.10. The summed E-state index contributed by atoms with van der Waals surface area (Å²) >= 11 is 10.2. The number of pyridine rings is 1. The van der Waals surface area contributed by atoms with E-state index in [4.69, 9.17) is 9.05 Å². The van der Waals surface area contributed by atoms with E-state index in [0.717, 1.165) is 44.1 Å². The lowest BCUT2D eigenvalue weighted by atomic mass is 10.2. The summed E-state index contributed by atoms with van der Waals surface area (Å²) < 4.78 is 94.6. The monoisotopic (exact) mass is 1080 g/mol. The van der Waals surface area contributed by atoms with Crippen LogP contribution in [0.1, 0.15) is 18.6 Å². The minimum atomic E-state index is -4.76. The number of aromatic amines is 1. The molecular weight excluding hydrogens is 1050 g/mol. The highest BCUT2D eigenvalue weighted by Gasteiger charge is 2.32. The second kappa shape index (κ2) is 21.8. The third-order valence-corrected chi connectivity index (χ3v) is 9.59. The summed E-state index contributed by atoms with van der Waals surface area (Å²) in [5.41, 5.74) is 3.33. The minimum Gasteiger partial charge on any atom is -0.406 e. The number of ether oxygens (including phenoxy) is 2.